The molecule has 120 valence electrons. The van der Waals surface area contributed by atoms with E-state index in [4.69, 9.17) is 22.1 Å². The van der Waals surface area contributed by atoms with Crippen molar-refractivity contribution in [2.75, 3.05) is 5.32 Å². The van der Waals surface area contributed by atoms with E-state index in [0.29, 0.717) is 22.3 Å². The van der Waals surface area contributed by atoms with E-state index in [9.17, 15) is 4.79 Å². The minimum absolute atomic E-state index is 0.00464. The minimum Gasteiger partial charge on any atom is -0.439 e. The molecule has 5 nitrogen and oxygen atoms in total. The number of carbonyl (C=O) groups excluding carboxylic acids is 1. The summed E-state index contributed by atoms with van der Waals surface area (Å²) in [5.74, 6) is 1.10. The smallest absolute Gasteiger partial charge is 0.227 e. The molecule has 3 N–H and O–H groups in total. The van der Waals surface area contributed by atoms with Crippen molar-refractivity contribution in [3.63, 3.8) is 0 Å². The predicted molar refractivity (Wildman–Crippen MR) is 89.7 cm³/mol. The molecule has 1 aromatic heterocycles. The molecule has 2 unspecified atom stereocenters. The molecule has 23 heavy (non-hydrogen) atoms. The summed E-state index contributed by atoms with van der Waals surface area (Å²) in [6, 6.07) is 10.6. The maximum atomic E-state index is 12.1. The average molecular weight is 332 g/mol. The van der Waals surface area contributed by atoms with Crippen LogP contribution in [-0.2, 0) is 4.79 Å². The lowest BCUT2D eigenvalue weighted by Gasteiger charge is -2.11. The van der Waals surface area contributed by atoms with Gasteiger partial charge in [0.1, 0.15) is 5.75 Å². The highest BCUT2D eigenvalue weighted by Gasteiger charge is 2.27. The standard InChI is InChI=1S/C17H18ClN3O2/c18-12-2-6-15(7-3-12)23-16-8-5-14(10-20-16)21-17(22)11-1-4-13(19)9-11/h2-3,5-8,10-11,13H,1,4,9,19H2,(H,21,22). The zero-order valence-corrected chi connectivity index (χ0v) is 13.3. The Morgan fingerprint density at radius 3 is 2.61 bits per heavy atom. The van der Waals surface area contributed by atoms with E-state index in [1.807, 2.05) is 0 Å². The Balaban J connectivity index is 1.58. The average Bonchev–Trinajstić information content (AvgIpc) is 2.98. The lowest BCUT2D eigenvalue weighted by Crippen LogP contribution is -2.23. The number of nitrogens with two attached hydrogens (primary N) is 1. The van der Waals surface area contributed by atoms with E-state index in [0.717, 1.165) is 19.3 Å². The van der Waals surface area contributed by atoms with Gasteiger partial charge < -0.3 is 15.8 Å². The van der Waals surface area contributed by atoms with Gasteiger partial charge in [-0.2, -0.15) is 0 Å². The molecule has 1 heterocycles. The molecular weight excluding hydrogens is 314 g/mol. The lowest BCUT2D eigenvalue weighted by atomic mass is 10.1. The van der Waals surface area contributed by atoms with Crippen molar-refractivity contribution in [3.8, 4) is 11.6 Å². The van der Waals surface area contributed by atoms with Crippen LogP contribution in [0.5, 0.6) is 11.6 Å². The van der Waals surface area contributed by atoms with Gasteiger partial charge in [0.15, 0.2) is 0 Å². The van der Waals surface area contributed by atoms with Crippen LogP contribution in [0.3, 0.4) is 0 Å². The molecule has 3 rings (SSSR count). The Labute approximate surface area is 139 Å². The van der Waals surface area contributed by atoms with Crippen LogP contribution in [0.25, 0.3) is 0 Å². The first-order chi connectivity index (χ1) is 11.1. The summed E-state index contributed by atoms with van der Waals surface area (Å²) in [6.07, 6.45) is 4.08. The largest absolute Gasteiger partial charge is 0.439 e. The number of amides is 1. The molecular formula is C17H18ClN3O2. The Morgan fingerprint density at radius 2 is 2.00 bits per heavy atom. The molecule has 6 heteroatoms. The van der Waals surface area contributed by atoms with Crippen LogP contribution in [-0.4, -0.2) is 16.9 Å². The number of nitrogens with one attached hydrogen (secondary N) is 1. The number of nitrogens with zero attached hydrogens (tertiary/aromatic N) is 1. The zero-order chi connectivity index (χ0) is 16.2. The van der Waals surface area contributed by atoms with Crippen LogP contribution in [0.15, 0.2) is 42.6 Å². The van der Waals surface area contributed by atoms with Crippen LogP contribution in [0, 0.1) is 5.92 Å². The van der Waals surface area contributed by atoms with Gasteiger partial charge in [0.25, 0.3) is 0 Å². The Hall–Kier alpha value is -2.11. The van der Waals surface area contributed by atoms with E-state index < -0.39 is 0 Å². The van der Waals surface area contributed by atoms with E-state index in [2.05, 4.69) is 10.3 Å². The second kappa shape index (κ2) is 6.98. The van der Waals surface area contributed by atoms with Crippen LogP contribution in [0.2, 0.25) is 5.02 Å². The molecule has 1 amide bonds. The van der Waals surface area contributed by atoms with Gasteiger partial charge in [-0.1, -0.05) is 11.6 Å². The first kappa shape index (κ1) is 15.8. The number of pyridine rings is 1. The molecule has 1 aliphatic rings. The molecule has 1 aliphatic carbocycles. The first-order valence-electron chi connectivity index (χ1n) is 7.56. The third-order valence-electron chi connectivity index (χ3n) is 3.88. The summed E-state index contributed by atoms with van der Waals surface area (Å²) < 4.78 is 5.61. The number of aromatic nitrogens is 1. The summed E-state index contributed by atoms with van der Waals surface area (Å²) >= 11 is 5.83. The van der Waals surface area contributed by atoms with Gasteiger partial charge in [0, 0.05) is 23.0 Å². The lowest BCUT2D eigenvalue weighted by molar-refractivity contribution is -0.119. The fourth-order valence-corrected chi connectivity index (χ4v) is 2.76. The fourth-order valence-electron chi connectivity index (χ4n) is 2.64. The summed E-state index contributed by atoms with van der Waals surface area (Å²) in [5.41, 5.74) is 6.49. The maximum absolute atomic E-state index is 12.1. The third kappa shape index (κ3) is 4.21. The number of hydrogen-bond donors (Lipinski definition) is 2. The molecule has 1 fully saturated rings. The van der Waals surface area contributed by atoms with Crippen molar-refractivity contribution in [1.29, 1.82) is 0 Å². The van der Waals surface area contributed by atoms with Gasteiger partial charge >= 0.3 is 0 Å². The summed E-state index contributed by atoms with van der Waals surface area (Å²) in [5, 5.41) is 3.52. The van der Waals surface area contributed by atoms with Gasteiger partial charge in [-0.3, -0.25) is 4.79 Å². The van der Waals surface area contributed by atoms with Crippen LogP contribution >= 0.6 is 11.6 Å². The van der Waals surface area contributed by atoms with E-state index in [-0.39, 0.29) is 17.9 Å². The Bertz CT molecular complexity index is 673. The summed E-state index contributed by atoms with van der Waals surface area (Å²) in [6.45, 7) is 0. The van der Waals surface area contributed by atoms with Gasteiger partial charge in [-0.05, 0) is 49.6 Å². The van der Waals surface area contributed by atoms with Crippen molar-refractivity contribution in [2.45, 2.75) is 25.3 Å². The number of hydrogen-bond acceptors (Lipinski definition) is 4. The number of halogens is 1. The van der Waals surface area contributed by atoms with Crippen LogP contribution < -0.4 is 15.8 Å². The highest BCUT2D eigenvalue weighted by Crippen LogP contribution is 2.26. The Morgan fingerprint density at radius 1 is 1.22 bits per heavy atom. The SMILES string of the molecule is NC1CCC(C(=O)Nc2ccc(Oc3ccc(Cl)cc3)nc2)C1. The van der Waals surface area contributed by atoms with Crippen LogP contribution in [0.1, 0.15) is 19.3 Å². The van der Waals surface area contributed by atoms with Gasteiger partial charge in [0.05, 0.1) is 11.9 Å². The van der Waals surface area contributed by atoms with E-state index in [1.54, 1.807) is 42.6 Å². The molecule has 1 saturated carbocycles. The summed E-state index contributed by atoms with van der Waals surface area (Å²) in [4.78, 5) is 16.3. The normalized spacial score (nSPS) is 20.3. The molecule has 2 aromatic rings. The highest BCUT2D eigenvalue weighted by molar-refractivity contribution is 6.30. The Kier molecular flexibility index (Phi) is 4.79. The van der Waals surface area contributed by atoms with E-state index in [1.165, 1.54) is 0 Å². The molecule has 0 radical (unpaired) electrons. The predicted octanol–water partition coefficient (Wildman–Crippen LogP) is 3.59. The van der Waals surface area contributed by atoms with Gasteiger partial charge in [-0.15, -0.1) is 0 Å². The molecule has 0 aliphatic heterocycles. The van der Waals surface area contributed by atoms with Crippen molar-refractivity contribution in [3.05, 3.63) is 47.6 Å². The van der Waals surface area contributed by atoms with Crippen molar-refractivity contribution in [1.82, 2.24) is 4.98 Å². The summed E-state index contributed by atoms with van der Waals surface area (Å²) in [7, 11) is 0. The quantitative estimate of drug-likeness (QED) is 0.897. The molecule has 1 aromatic carbocycles. The molecule has 0 saturated heterocycles. The number of benzene rings is 1. The van der Waals surface area contributed by atoms with E-state index >= 15 is 0 Å². The first-order valence-corrected chi connectivity index (χ1v) is 7.94. The second-order valence-corrected chi connectivity index (χ2v) is 6.14. The topological polar surface area (TPSA) is 77.2 Å². The zero-order valence-electron chi connectivity index (χ0n) is 12.5. The minimum atomic E-state index is -0.00464. The maximum Gasteiger partial charge on any atom is 0.227 e. The number of anilines is 1. The monoisotopic (exact) mass is 331 g/mol. The van der Waals surface area contributed by atoms with Crippen LogP contribution in [0.4, 0.5) is 5.69 Å². The van der Waals surface area contributed by atoms with Gasteiger partial charge in [0.2, 0.25) is 11.8 Å². The third-order valence-corrected chi connectivity index (χ3v) is 4.14. The molecule has 0 bridgehead atoms. The number of rotatable bonds is 4. The molecule has 0 spiro atoms. The van der Waals surface area contributed by atoms with Crippen molar-refractivity contribution in [2.24, 2.45) is 11.7 Å². The highest BCUT2D eigenvalue weighted by atomic mass is 35.5. The molecule has 2 atom stereocenters. The van der Waals surface area contributed by atoms with Crippen molar-refractivity contribution >= 4 is 23.2 Å². The second-order valence-electron chi connectivity index (χ2n) is 5.70. The van der Waals surface area contributed by atoms with Gasteiger partial charge in [-0.25, -0.2) is 4.98 Å². The fraction of sp³-hybridized carbons (Fsp3) is 0.294. The number of ether oxygens (including phenoxy) is 1. The number of carbonyl (C=O) groups is 1. The van der Waals surface area contributed by atoms with Crippen molar-refractivity contribution < 1.29 is 9.53 Å².